The van der Waals surface area contributed by atoms with Crippen molar-refractivity contribution in [3.8, 4) is 0 Å². The third-order valence-corrected chi connectivity index (χ3v) is 3.19. The molecule has 0 radical (unpaired) electrons. The van der Waals surface area contributed by atoms with E-state index in [9.17, 15) is 14.9 Å². The average molecular weight is 287 g/mol. The Hall–Kier alpha value is -2.63. The highest BCUT2D eigenvalue weighted by Crippen LogP contribution is 2.25. The zero-order valence-corrected chi connectivity index (χ0v) is 12.0. The van der Waals surface area contributed by atoms with Gasteiger partial charge in [-0.25, -0.2) is 0 Å². The average Bonchev–Trinajstić information content (AvgIpc) is 2.44. The van der Waals surface area contributed by atoms with Crippen molar-refractivity contribution in [1.29, 1.82) is 0 Å². The lowest BCUT2D eigenvalue weighted by Gasteiger charge is -2.09. The highest BCUT2D eigenvalue weighted by Gasteiger charge is 2.13. The van der Waals surface area contributed by atoms with Crippen LogP contribution in [0.1, 0.15) is 18.1 Å². The normalized spacial score (nSPS) is 10.4. The molecule has 0 unspecified atom stereocenters. The number of aromatic nitrogens is 1. The molecule has 0 aliphatic heterocycles. The summed E-state index contributed by atoms with van der Waals surface area (Å²) < 4.78 is 1.59. The van der Waals surface area contributed by atoms with Crippen LogP contribution in [0.3, 0.4) is 0 Å². The molecule has 21 heavy (non-hydrogen) atoms. The first-order valence-electron chi connectivity index (χ1n) is 6.70. The highest BCUT2D eigenvalue weighted by atomic mass is 16.6. The van der Waals surface area contributed by atoms with Crippen LogP contribution in [0, 0.1) is 17.0 Å². The molecule has 2 rings (SSSR count). The Morgan fingerprint density at radius 3 is 2.76 bits per heavy atom. The summed E-state index contributed by atoms with van der Waals surface area (Å²) in [5.41, 5.74) is 1.97. The number of pyridine rings is 1. The Bertz CT molecular complexity index is 722. The van der Waals surface area contributed by atoms with E-state index >= 15 is 0 Å². The molecule has 6 heteroatoms. The van der Waals surface area contributed by atoms with Crippen molar-refractivity contribution in [1.82, 2.24) is 4.57 Å². The molecule has 0 saturated heterocycles. The van der Waals surface area contributed by atoms with Crippen LogP contribution in [-0.2, 0) is 6.54 Å². The maximum absolute atomic E-state index is 12.0. The minimum atomic E-state index is -0.416. The fraction of sp³-hybridized carbons (Fsp3) is 0.267. The Kier molecular flexibility index (Phi) is 4.37. The number of anilines is 1. The van der Waals surface area contributed by atoms with Crippen LogP contribution >= 0.6 is 0 Å². The van der Waals surface area contributed by atoms with Crippen LogP contribution in [0.2, 0.25) is 0 Å². The second-order valence-electron chi connectivity index (χ2n) is 4.76. The van der Waals surface area contributed by atoms with Crippen molar-refractivity contribution in [3.63, 3.8) is 0 Å². The standard InChI is InChI=1S/C15H17N3O3/c1-3-16-13-9-12(6-7-14(13)18(20)21)10-17-8-4-5-11(2)15(17)19/h4-9,16H,3,10H2,1-2H3. The van der Waals surface area contributed by atoms with Gasteiger partial charge >= 0.3 is 0 Å². The zero-order chi connectivity index (χ0) is 15.4. The first-order valence-corrected chi connectivity index (χ1v) is 6.70. The minimum Gasteiger partial charge on any atom is -0.380 e. The number of rotatable bonds is 5. The van der Waals surface area contributed by atoms with E-state index < -0.39 is 4.92 Å². The largest absolute Gasteiger partial charge is 0.380 e. The topological polar surface area (TPSA) is 77.2 Å². The predicted octanol–water partition coefficient (Wildman–Crippen LogP) is 2.55. The van der Waals surface area contributed by atoms with Crippen LogP contribution in [0.25, 0.3) is 0 Å². The summed E-state index contributed by atoms with van der Waals surface area (Å²) in [6.45, 7) is 4.62. The molecule has 0 fully saturated rings. The SMILES string of the molecule is CCNc1cc(Cn2cccc(C)c2=O)ccc1[N+](=O)[O-]. The van der Waals surface area contributed by atoms with Gasteiger partial charge in [0.25, 0.3) is 11.2 Å². The third kappa shape index (κ3) is 3.28. The van der Waals surface area contributed by atoms with Gasteiger partial charge in [0.2, 0.25) is 0 Å². The molecule has 1 aromatic carbocycles. The maximum atomic E-state index is 12.0. The van der Waals surface area contributed by atoms with Crippen molar-refractivity contribution >= 4 is 11.4 Å². The summed E-state index contributed by atoms with van der Waals surface area (Å²) >= 11 is 0. The van der Waals surface area contributed by atoms with Crippen LogP contribution in [0.15, 0.2) is 41.3 Å². The van der Waals surface area contributed by atoms with E-state index in [0.29, 0.717) is 24.3 Å². The summed E-state index contributed by atoms with van der Waals surface area (Å²) in [7, 11) is 0. The number of aryl methyl sites for hydroxylation is 1. The van der Waals surface area contributed by atoms with Gasteiger partial charge in [0.05, 0.1) is 11.5 Å². The lowest BCUT2D eigenvalue weighted by molar-refractivity contribution is -0.384. The number of hydrogen-bond acceptors (Lipinski definition) is 4. The Labute approximate surface area is 122 Å². The summed E-state index contributed by atoms with van der Waals surface area (Å²) in [5.74, 6) is 0. The molecule has 1 aromatic heterocycles. The van der Waals surface area contributed by atoms with Crippen LogP contribution < -0.4 is 10.9 Å². The van der Waals surface area contributed by atoms with Gasteiger partial charge in [-0.3, -0.25) is 14.9 Å². The molecular weight excluding hydrogens is 270 g/mol. The first-order chi connectivity index (χ1) is 10.0. The molecule has 0 aliphatic carbocycles. The molecule has 0 saturated carbocycles. The summed E-state index contributed by atoms with van der Waals surface area (Å²) in [6.07, 6.45) is 1.71. The number of nitro groups is 1. The number of benzene rings is 1. The molecule has 0 atom stereocenters. The Morgan fingerprint density at radius 1 is 1.33 bits per heavy atom. The molecule has 1 heterocycles. The summed E-state index contributed by atoms with van der Waals surface area (Å²) in [5, 5.41) is 14.0. The Balaban J connectivity index is 2.37. The number of hydrogen-bond donors (Lipinski definition) is 1. The van der Waals surface area contributed by atoms with E-state index in [1.807, 2.05) is 13.0 Å². The van der Waals surface area contributed by atoms with Crippen molar-refractivity contribution in [2.45, 2.75) is 20.4 Å². The lowest BCUT2D eigenvalue weighted by atomic mass is 10.1. The van der Waals surface area contributed by atoms with Crippen molar-refractivity contribution in [3.05, 3.63) is 68.1 Å². The molecule has 6 nitrogen and oxygen atoms in total. The number of nitro benzene ring substituents is 1. The van der Waals surface area contributed by atoms with Crippen molar-refractivity contribution in [2.24, 2.45) is 0 Å². The van der Waals surface area contributed by atoms with Gasteiger partial charge in [-0.1, -0.05) is 12.1 Å². The number of nitrogens with zero attached hydrogens (tertiary/aromatic N) is 2. The molecule has 110 valence electrons. The quantitative estimate of drug-likeness (QED) is 0.677. The molecule has 0 spiro atoms. The van der Waals surface area contributed by atoms with Gasteiger partial charge in [0.1, 0.15) is 5.69 Å². The first kappa shape index (κ1) is 14.8. The van der Waals surface area contributed by atoms with Gasteiger partial charge in [0.15, 0.2) is 0 Å². The van der Waals surface area contributed by atoms with Gasteiger partial charge in [-0.15, -0.1) is 0 Å². The lowest BCUT2D eigenvalue weighted by Crippen LogP contribution is -2.21. The number of nitrogens with one attached hydrogen (secondary N) is 1. The van der Waals surface area contributed by atoms with E-state index in [0.717, 1.165) is 5.56 Å². The van der Waals surface area contributed by atoms with Crippen LogP contribution in [0.4, 0.5) is 11.4 Å². The smallest absolute Gasteiger partial charge is 0.292 e. The van der Waals surface area contributed by atoms with Gasteiger partial charge in [-0.05, 0) is 31.5 Å². The van der Waals surface area contributed by atoms with E-state index in [4.69, 9.17) is 0 Å². The second-order valence-corrected chi connectivity index (χ2v) is 4.76. The van der Waals surface area contributed by atoms with E-state index in [1.165, 1.54) is 6.07 Å². The molecular formula is C15H17N3O3. The van der Waals surface area contributed by atoms with Gasteiger partial charge in [-0.2, -0.15) is 0 Å². The fourth-order valence-corrected chi connectivity index (χ4v) is 2.15. The summed E-state index contributed by atoms with van der Waals surface area (Å²) in [6, 6.07) is 8.43. The molecule has 1 N–H and O–H groups in total. The van der Waals surface area contributed by atoms with E-state index in [2.05, 4.69) is 5.32 Å². The molecule has 2 aromatic rings. The monoisotopic (exact) mass is 287 g/mol. The van der Waals surface area contributed by atoms with Crippen LogP contribution in [0.5, 0.6) is 0 Å². The van der Waals surface area contributed by atoms with E-state index in [-0.39, 0.29) is 11.2 Å². The van der Waals surface area contributed by atoms with Crippen molar-refractivity contribution in [2.75, 3.05) is 11.9 Å². The summed E-state index contributed by atoms with van der Waals surface area (Å²) in [4.78, 5) is 22.6. The molecule has 0 aliphatic rings. The van der Waals surface area contributed by atoms with E-state index in [1.54, 1.807) is 35.9 Å². The predicted molar refractivity (Wildman–Crippen MR) is 81.8 cm³/mol. The zero-order valence-electron chi connectivity index (χ0n) is 12.0. The van der Waals surface area contributed by atoms with Gasteiger partial charge in [0, 0.05) is 24.4 Å². The molecule has 0 amide bonds. The second kappa shape index (κ2) is 6.21. The third-order valence-electron chi connectivity index (χ3n) is 3.19. The highest BCUT2D eigenvalue weighted by molar-refractivity contribution is 5.62. The van der Waals surface area contributed by atoms with Crippen LogP contribution in [-0.4, -0.2) is 16.0 Å². The molecule has 0 bridgehead atoms. The van der Waals surface area contributed by atoms with Gasteiger partial charge < -0.3 is 9.88 Å². The fourth-order valence-electron chi connectivity index (χ4n) is 2.15. The Morgan fingerprint density at radius 2 is 2.10 bits per heavy atom. The van der Waals surface area contributed by atoms with Crippen molar-refractivity contribution < 1.29 is 4.92 Å². The minimum absolute atomic E-state index is 0.0391. The maximum Gasteiger partial charge on any atom is 0.292 e.